The zero-order valence-corrected chi connectivity index (χ0v) is 20.8. The van der Waals surface area contributed by atoms with Gasteiger partial charge < -0.3 is 20.7 Å². The van der Waals surface area contributed by atoms with Gasteiger partial charge in [-0.05, 0) is 34.2 Å². The van der Waals surface area contributed by atoms with Gasteiger partial charge in [0, 0.05) is 12.5 Å². The van der Waals surface area contributed by atoms with Crippen molar-refractivity contribution in [1.82, 2.24) is 16.0 Å². The number of fused-ring (bicyclic) bond motifs is 3. The number of alkyl carbamates (subject to hydrolysis) is 1. The predicted octanol–water partition coefficient (Wildman–Crippen LogP) is 4.46. The molecule has 4 rings (SSSR count). The van der Waals surface area contributed by atoms with Crippen LogP contribution < -0.4 is 16.0 Å². The van der Waals surface area contributed by atoms with Gasteiger partial charge in [-0.2, -0.15) is 0 Å². The van der Waals surface area contributed by atoms with E-state index in [1.165, 1.54) is 0 Å². The molecule has 0 saturated heterocycles. The smallest absolute Gasteiger partial charge is 0.407 e. The molecule has 37 heavy (non-hydrogen) atoms. The van der Waals surface area contributed by atoms with Crippen LogP contribution >= 0.6 is 0 Å². The highest BCUT2D eigenvalue weighted by molar-refractivity contribution is 5.92. The maximum atomic E-state index is 13.1. The van der Waals surface area contributed by atoms with Gasteiger partial charge in [-0.15, -0.1) is 6.58 Å². The molecule has 0 heterocycles. The molecule has 3 aromatic rings. The Morgan fingerprint density at radius 3 is 2.05 bits per heavy atom. The average Bonchev–Trinajstić information content (AvgIpc) is 3.26. The topological polar surface area (TPSA) is 96.5 Å². The summed E-state index contributed by atoms with van der Waals surface area (Å²) in [6.45, 7) is 5.81. The van der Waals surface area contributed by atoms with Crippen LogP contribution in [0.2, 0.25) is 0 Å². The van der Waals surface area contributed by atoms with E-state index in [1.54, 1.807) is 37.3 Å². The molecule has 0 aromatic heterocycles. The molecule has 1 aliphatic rings. The highest BCUT2D eigenvalue weighted by Gasteiger charge is 2.30. The summed E-state index contributed by atoms with van der Waals surface area (Å²) in [6, 6.07) is 23.3. The van der Waals surface area contributed by atoms with Crippen LogP contribution in [0.5, 0.6) is 0 Å². The number of hydrogen-bond acceptors (Lipinski definition) is 4. The largest absolute Gasteiger partial charge is 0.449 e. The summed E-state index contributed by atoms with van der Waals surface area (Å²) in [7, 11) is 0. The molecule has 1 aliphatic carbocycles. The molecule has 0 bridgehead atoms. The number of rotatable bonds is 10. The van der Waals surface area contributed by atoms with Gasteiger partial charge >= 0.3 is 6.09 Å². The maximum Gasteiger partial charge on any atom is 0.407 e. The van der Waals surface area contributed by atoms with Gasteiger partial charge in [0.2, 0.25) is 11.8 Å². The fourth-order valence-electron chi connectivity index (χ4n) is 4.60. The summed E-state index contributed by atoms with van der Waals surface area (Å²) in [6.07, 6.45) is 1.21. The van der Waals surface area contributed by atoms with E-state index < -0.39 is 24.1 Å². The number of hydrogen-bond donors (Lipinski definition) is 3. The molecule has 3 amide bonds. The number of ether oxygens (including phenoxy) is 1. The molecule has 190 valence electrons. The van der Waals surface area contributed by atoms with Crippen LogP contribution in [0.15, 0.2) is 91.5 Å². The Morgan fingerprint density at radius 1 is 0.865 bits per heavy atom. The molecular weight excluding hydrogens is 466 g/mol. The lowest BCUT2D eigenvalue weighted by Gasteiger charge is -2.23. The Balaban J connectivity index is 1.40. The summed E-state index contributed by atoms with van der Waals surface area (Å²) in [5.41, 5.74) is 5.13. The highest BCUT2D eigenvalue weighted by Crippen LogP contribution is 2.44. The zero-order valence-electron chi connectivity index (χ0n) is 20.8. The normalized spacial score (nSPS) is 13.4. The third kappa shape index (κ3) is 5.89. The van der Waals surface area contributed by atoms with Crippen molar-refractivity contribution in [2.24, 2.45) is 0 Å². The van der Waals surface area contributed by atoms with Crippen LogP contribution in [0.1, 0.15) is 42.0 Å². The fourth-order valence-corrected chi connectivity index (χ4v) is 4.60. The molecule has 2 atom stereocenters. The van der Waals surface area contributed by atoms with Crippen molar-refractivity contribution in [2.45, 2.75) is 31.3 Å². The first-order valence-electron chi connectivity index (χ1n) is 12.4. The first kappa shape index (κ1) is 25.7. The standard InChI is InChI=1S/C30H31N3O4/c1-3-18-31-29(35)27(20-12-6-5-7-13-20)33-28(34)26(4-2)32-30(36)37-19-25-23-16-10-8-14-21(23)22-15-9-11-17-24(22)25/h3,5-17,25-27H,1,4,18-19H2,2H3,(H,31,35)(H,32,36)(H,33,34)/t26-,27+/m0/s1. The molecule has 0 radical (unpaired) electrons. The van der Waals surface area contributed by atoms with E-state index in [0.717, 1.165) is 22.3 Å². The van der Waals surface area contributed by atoms with Crippen molar-refractivity contribution < 1.29 is 19.1 Å². The van der Waals surface area contributed by atoms with Crippen LogP contribution in [-0.4, -0.2) is 37.1 Å². The molecule has 0 fully saturated rings. The van der Waals surface area contributed by atoms with E-state index in [9.17, 15) is 14.4 Å². The highest BCUT2D eigenvalue weighted by atomic mass is 16.5. The Morgan fingerprint density at radius 2 is 1.46 bits per heavy atom. The van der Waals surface area contributed by atoms with Crippen molar-refractivity contribution in [1.29, 1.82) is 0 Å². The van der Waals surface area contributed by atoms with Gasteiger partial charge in [0.15, 0.2) is 0 Å². The van der Waals surface area contributed by atoms with Gasteiger partial charge in [-0.1, -0.05) is 91.9 Å². The monoisotopic (exact) mass is 497 g/mol. The Kier molecular flexibility index (Phi) is 8.36. The van der Waals surface area contributed by atoms with Gasteiger partial charge in [-0.25, -0.2) is 4.79 Å². The predicted molar refractivity (Wildman–Crippen MR) is 143 cm³/mol. The van der Waals surface area contributed by atoms with Gasteiger partial charge in [-0.3, -0.25) is 9.59 Å². The summed E-state index contributed by atoms with van der Waals surface area (Å²) >= 11 is 0. The lowest BCUT2D eigenvalue weighted by molar-refractivity contribution is -0.130. The van der Waals surface area contributed by atoms with Crippen LogP contribution in [0.25, 0.3) is 11.1 Å². The quantitative estimate of drug-likeness (QED) is 0.360. The third-order valence-corrected chi connectivity index (χ3v) is 6.46. The van der Waals surface area contributed by atoms with Crippen molar-refractivity contribution in [3.63, 3.8) is 0 Å². The summed E-state index contributed by atoms with van der Waals surface area (Å²) < 4.78 is 5.59. The van der Waals surface area contributed by atoms with Crippen LogP contribution in [0.4, 0.5) is 4.79 Å². The molecular formula is C30H31N3O4. The van der Waals surface area contributed by atoms with Gasteiger partial charge in [0.25, 0.3) is 0 Å². The Bertz CT molecular complexity index is 1230. The number of carbonyl (C=O) groups is 3. The fraction of sp³-hybridized carbons (Fsp3) is 0.233. The van der Waals surface area contributed by atoms with Crippen LogP contribution in [0, 0.1) is 0 Å². The molecule has 3 aromatic carbocycles. The lowest BCUT2D eigenvalue weighted by Crippen LogP contribution is -2.50. The van der Waals surface area contributed by atoms with E-state index in [0.29, 0.717) is 12.0 Å². The van der Waals surface area contributed by atoms with Crippen molar-refractivity contribution in [2.75, 3.05) is 13.2 Å². The average molecular weight is 498 g/mol. The SMILES string of the molecule is C=CCNC(=O)[C@H](NC(=O)[C@H](CC)NC(=O)OCC1c2ccccc2-c2ccccc21)c1ccccc1. The van der Waals surface area contributed by atoms with Crippen molar-refractivity contribution in [3.8, 4) is 11.1 Å². The van der Waals surface area contributed by atoms with Crippen molar-refractivity contribution in [3.05, 3.63) is 108 Å². The van der Waals surface area contributed by atoms with E-state index in [-0.39, 0.29) is 25.0 Å². The first-order valence-corrected chi connectivity index (χ1v) is 12.4. The first-order chi connectivity index (χ1) is 18.0. The molecule has 7 nitrogen and oxygen atoms in total. The zero-order chi connectivity index (χ0) is 26.2. The number of carbonyl (C=O) groups excluding carboxylic acids is 3. The molecule has 0 spiro atoms. The Labute approximate surface area is 216 Å². The van der Waals surface area contributed by atoms with Gasteiger partial charge in [0.1, 0.15) is 18.7 Å². The minimum atomic E-state index is -0.910. The second-order valence-corrected chi connectivity index (χ2v) is 8.82. The minimum Gasteiger partial charge on any atom is -0.449 e. The molecule has 7 heteroatoms. The maximum absolute atomic E-state index is 13.1. The molecule has 0 aliphatic heterocycles. The van der Waals surface area contributed by atoms with E-state index in [4.69, 9.17) is 4.74 Å². The summed E-state index contributed by atoms with van der Waals surface area (Å²) in [5.74, 6) is -0.919. The second kappa shape index (κ2) is 12.0. The Hall–Kier alpha value is -4.39. The minimum absolute atomic E-state index is 0.0805. The van der Waals surface area contributed by atoms with Gasteiger partial charge in [0.05, 0.1) is 0 Å². The molecule has 0 unspecified atom stereocenters. The van der Waals surface area contributed by atoms with Crippen LogP contribution in [0.3, 0.4) is 0 Å². The molecule has 3 N–H and O–H groups in total. The second-order valence-electron chi connectivity index (χ2n) is 8.82. The number of amides is 3. The third-order valence-electron chi connectivity index (χ3n) is 6.46. The molecule has 0 saturated carbocycles. The van der Waals surface area contributed by atoms with E-state index in [1.807, 2.05) is 42.5 Å². The number of nitrogens with one attached hydrogen (secondary N) is 3. The summed E-state index contributed by atoms with van der Waals surface area (Å²) in [4.78, 5) is 38.5. The van der Waals surface area contributed by atoms with Crippen LogP contribution in [-0.2, 0) is 14.3 Å². The van der Waals surface area contributed by atoms with Crippen molar-refractivity contribution >= 4 is 17.9 Å². The van der Waals surface area contributed by atoms with E-state index in [2.05, 4.69) is 34.7 Å². The van der Waals surface area contributed by atoms with E-state index >= 15 is 0 Å². The lowest BCUT2D eigenvalue weighted by atomic mass is 9.98. The summed E-state index contributed by atoms with van der Waals surface area (Å²) in [5, 5.41) is 8.14. The number of benzene rings is 3.